The smallest absolute Gasteiger partial charge is 0.0117 e. The first kappa shape index (κ1) is 6.56. The fraction of sp³-hybridized carbons (Fsp3) is 0.500. The molecule has 1 heteroatoms. The predicted molar refractivity (Wildman–Crippen MR) is 40.1 cm³/mol. The van der Waals surface area contributed by atoms with Crippen molar-refractivity contribution < 1.29 is 0 Å². The van der Waals surface area contributed by atoms with Crippen molar-refractivity contribution in [3.63, 3.8) is 0 Å². The van der Waals surface area contributed by atoms with Gasteiger partial charge in [0.25, 0.3) is 0 Å². The minimum atomic E-state index is 0.359. The molecular weight excluding hydrogens is 110 g/mol. The molecule has 0 aromatic heterocycles. The van der Waals surface area contributed by atoms with Crippen LogP contribution in [0.1, 0.15) is 19.8 Å². The molecule has 0 bridgehead atoms. The summed E-state index contributed by atoms with van der Waals surface area (Å²) in [6.07, 6.45) is 4.00. The largest absolute Gasteiger partial charge is 0.327 e. The summed E-state index contributed by atoms with van der Waals surface area (Å²) < 4.78 is 0. The quantitative estimate of drug-likeness (QED) is 0.563. The second-order valence-corrected chi connectivity index (χ2v) is 2.68. The molecule has 0 saturated heterocycles. The third-order valence-corrected chi connectivity index (χ3v) is 1.85. The van der Waals surface area contributed by atoms with Crippen molar-refractivity contribution in [3.8, 4) is 0 Å². The normalized spacial score (nSPS) is 27.1. The Morgan fingerprint density at radius 1 is 1.67 bits per heavy atom. The van der Waals surface area contributed by atoms with Crippen LogP contribution < -0.4 is 5.73 Å². The maximum Gasteiger partial charge on any atom is 0.0117 e. The van der Waals surface area contributed by atoms with Crippen LogP contribution in [-0.4, -0.2) is 6.04 Å². The van der Waals surface area contributed by atoms with Crippen molar-refractivity contribution in [2.45, 2.75) is 25.8 Å². The Balaban J connectivity index is 2.69. The lowest BCUT2D eigenvalue weighted by molar-refractivity contribution is 0.715. The highest BCUT2D eigenvalue weighted by Crippen LogP contribution is 2.24. The fourth-order valence-electron chi connectivity index (χ4n) is 1.31. The maximum atomic E-state index is 5.70. The molecule has 0 amide bonds. The molecule has 0 heterocycles. The summed E-state index contributed by atoms with van der Waals surface area (Å²) in [6.45, 7) is 5.84. The molecule has 2 N–H and O–H groups in total. The van der Waals surface area contributed by atoms with Crippen molar-refractivity contribution >= 4 is 0 Å². The summed E-state index contributed by atoms with van der Waals surface area (Å²) in [7, 11) is 0. The van der Waals surface area contributed by atoms with Gasteiger partial charge in [-0.1, -0.05) is 18.2 Å². The summed E-state index contributed by atoms with van der Waals surface area (Å²) in [6, 6.07) is 0.359. The zero-order valence-corrected chi connectivity index (χ0v) is 5.85. The molecule has 0 saturated carbocycles. The van der Waals surface area contributed by atoms with Gasteiger partial charge in [0.1, 0.15) is 0 Å². The Bertz CT molecular complexity index is 156. The highest BCUT2D eigenvalue weighted by Gasteiger charge is 2.14. The van der Waals surface area contributed by atoms with Gasteiger partial charge >= 0.3 is 0 Å². The van der Waals surface area contributed by atoms with Crippen LogP contribution >= 0.6 is 0 Å². The van der Waals surface area contributed by atoms with Crippen LogP contribution in [0.2, 0.25) is 0 Å². The monoisotopic (exact) mass is 123 g/mol. The number of allylic oxidation sites excluding steroid dienone is 1. The van der Waals surface area contributed by atoms with Crippen LogP contribution in [0.25, 0.3) is 0 Å². The van der Waals surface area contributed by atoms with Crippen LogP contribution in [0.5, 0.6) is 0 Å². The number of rotatable bonds is 1. The van der Waals surface area contributed by atoms with Crippen molar-refractivity contribution in [2.24, 2.45) is 5.73 Å². The second-order valence-electron chi connectivity index (χ2n) is 2.68. The second kappa shape index (κ2) is 2.36. The maximum absolute atomic E-state index is 5.70. The molecule has 0 aromatic carbocycles. The molecule has 0 aliphatic heterocycles. The average Bonchev–Trinajstić information content (AvgIpc) is 2.10. The van der Waals surface area contributed by atoms with Crippen LogP contribution in [0.15, 0.2) is 23.8 Å². The van der Waals surface area contributed by atoms with Crippen molar-refractivity contribution in [2.75, 3.05) is 0 Å². The number of nitrogens with two attached hydrogens (primary N) is 1. The van der Waals surface area contributed by atoms with Gasteiger partial charge in [-0.3, -0.25) is 0 Å². The third-order valence-electron chi connectivity index (χ3n) is 1.85. The van der Waals surface area contributed by atoms with Crippen molar-refractivity contribution in [1.82, 2.24) is 0 Å². The molecule has 0 fully saturated rings. The lowest BCUT2D eigenvalue weighted by Gasteiger charge is -1.97. The van der Waals surface area contributed by atoms with Gasteiger partial charge in [-0.05, 0) is 25.3 Å². The first-order valence-corrected chi connectivity index (χ1v) is 3.30. The van der Waals surface area contributed by atoms with Gasteiger partial charge in [-0.15, -0.1) is 0 Å². The van der Waals surface area contributed by atoms with Gasteiger partial charge in [0.05, 0.1) is 0 Å². The lowest BCUT2D eigenvalue weighted by atomic mass is 10.2. The van der Waals surface area contributed by atoms with Gasteiger partial charge in [-0.2, -0.15) is 0 Å². The van der Waals surface area contributed by atoms with Gasteiger partial charge in [0.15, 0.2) is 0 Å². The molecule has 1 unspecified atom stereocenters. The average molecular weight is 123 g/mol. The Hall–Kier alpha value is -0.560. The Morgan fingerprint density at radius 3 is 2.56 bits per heavy atom. The van der Waals surface area contributed by atoms with Gasteiger partial charge < -0.3 is 5.73 Å². The molecule has 0 spiro atoms. The van der Waals surface area contributed by atoms with Crippen molar-refractivity contribution in [3.05, 3.63) is 23.8 Å². The Labute approximate surface area is 56.2 Å². The van der Waals surface area contributed by atoms with E-state index in [1.165, 1.54) is 11.1 Å². The third kappa shape index (κ3) is 1.22. The first-order chi connectivity index (χ1) is 4.24. The van der Waals surface area contributed by atoms with E-state index in [1.54, 1.807) is 0 Å². The highest BCUT2D eigenvalue weighted by molar-refractivity contribution is 5.29. The van der Waals surface area contributed by atoms with E-state index in [0.29, 0.717) is 6.04 Å². The standard InChI is InChI=1S/C8H13N/c1-3-7-5-8(9)4-6(7)2/h3,8H,1,4-5,9H2,2H3. The molecule has 1 rings (SSSR count). The zero-order valence-electron chi connectivity index (χ0n) is 5.85. The van der Waals surface area contributed by atoms with E-state index in [4.69, 9.17) is 5.73 Å². The van der Waals surface area contributed by atoms with Crippen LogP contribution in [0.3, 0.4) is 0 Å². The summed E-state index contributed by atoms with van der Waals surface area (Å²) in [5.41, 5.74) is 8.47. The summed E-state index contributed by atoms with van der Waals surface area (Å²) in [5.74, 6) is 0. The molecule has 1 nitrogen and oxygen atoms in total. The van der Waals surface area contributed by atoms with E-state index < -0.39 is 0 Å². The zero-order chi connectivity index (χ0) is 6.85. The summed E-state index contributed by atoms with van der Waals surface area (Å²) in [4.78, 5) is 0. The van der Waals surface area contributed by atoms with Crippen LogP contribution in [0, 0.1) is 0 Å². The van der Waals surface area contributed by atoms with Crippen LogP contribution in [0.4, 0.5) is 0 Å². The summed E-state index contributed by atoms with van der Waals surface area (Å²) in [5, 5.41) is 0. The van der Waals surface area contributed by atoms with Gasteiger partial charge in [-0.25, -0.2) is 0 Å². The number of hydrogen-bond acceptors (Lipinski definition) is 1. The predicted octanol–water partition coefficient (Wildman–Crippen LogP) is 1.61. The van der Waals surface area contributed by atoms with E-state index in [0.717, 1.165) is 12.8 Å². The Morgan fingerprint density at radius 2 is 2.33 bits per heavy atom. The van der Waals surface area contributed by atoms with Crippen molar-refractivity contribution in [1.29, 1.82) is 0 Å². The minimum absolute atomic E-state index is 0.359. The van der Waals surface area contributed by atoms with E-state index >= 15 is 0 Å². The molecule has 0 radical (unpaired) electrons. The van der Waals surface area contributed by atoms with E-state index in [1.807, 2.05) is 6.08 Å². The molecule has 1 aliphatic carbocycles. The first-order valence-electron chi connectivity index (χ1n) is 3.30. The lowest BCUT2D eigenvalue weighted by Crippen LogP contribution is -2.15. The SMILES string of the molecule is C=CC1=C(C)CC(N)C1. The van der Waals surface area contributed by atoms with E-state index in [2.05, 4.69) is 13.5 Å². The molecule has 0 aromatic rings. The molecule has 9 heavy (non-hydrogen) atoms. The van der Waals surface area contributed by atoms with Gasteiger partial charge in [0, 0.05) is 6.04 Å². The molecule has 1 aliphatic rings. The van der Waals surface area contributed by atoms with E-state index in [9.17, 15) is 0 Å². The fourth-order valence-corrected chi connectivity index (χ4v) is 1.31. The Kier molecular flexibility index (Phi) is 1.72. The van der Waals surface area contributed by atoms with Crippen LogP contribution in [-0.2, 0) is 0 Å². The highest BCUT2D eigenvalue weighted by atomic mass is 14.6. The topological polar surface area (TPSA) is 26.0 Å². The molecule has 1 atom stereocenters. The van der Waals surface area contributed by atoms with Gasteiger partial charge in [0.2, 0.25) is 0 Å². The molecule has 50 valence electrons. The minimum Gasteiger partial charge on any atom is -0.327 e. The molecular formula is C8H13N. The van der Waals surface area contributed by atoms with E-state index in [-0.39, 0.29) is 0 Å². The number of hydrogen-bond donors (Lipinski definition) is 1. The summed E-state index contributed by atoms with van der Waals surface area (Å²) >= 11 is 0.